The van der Waals surface area contributed by atoms with Gasteiger partial charge in [-0.1, -0.05) is 0 Å². The summed E-state index contributed by atoms with van der Waals surface area (Å²) in [6, 6.07) is 1.93. The largest absolute Gasteiger partial charge is 0.357 e. The molecule has 1 aromatic heterocycles. The lowest BCUT2D eigenvalue weighted by atomic mass is 10.2. The molecule has 0 saturated heterocycles. The fraction of sp³-hybridized carbons (Fsp3) is 0.692. The summed E-state index contributed by atoms with van der Waals surface area (Å²) in [6.07, 6.45) is 5.87. The third-order valence-corrected chi connectivity index (χ3v) is 3.94. The van der Waals surface area contributed by atoms with E-state index in [0.29, 0.717) is 0 Å². The molecule has 20 heavy (non-hydrogen) atoms. The number of aliphatic imine (C=N–C) groups is 1. The normalized spacial score (nSPS) is 11.9. The van der Waals surface area contributed by atoms with Crippen molar-refractivity contribution >= 4 is 41.7 Å². The average Bonchev–Trinajstić information content (AvgIpc) is 2.89. The Labute approximate surface area is 143 Å². The lowest BCUT2D eigenvalue weighted by molar-refractivity contribution is 0.596. The summed E-state index contributed by atoms with van der Waals surface area (Å²) in [5, 5.41) is 10.8. The lowest BCUT2D eigenvalue weighted by Crippen LogP contribution is -2.39. The second-order valence-corrected chi connectivity index (χ2v) is 6.37. The van der Waals surface area contributed by atoms with Gasteiger partial charge in [0.05, 0.1) is 13.1 Å². The molecule has 1 aromatic rings. The number of hydrogen-bond donors (Lipinski definition) is 2. The first kappa shape index (κ1) is 19.6. The first-order valence-electron chi connectivity index (χ1n) is 6.62. The van der Waals surface area contributed by atoms with E-state index in [0.717, 1.165) is 32.1 Å². The Hall–Kier alpha value is -0.440. The van der Waals surface area contributed by atoms with E-state index in [-0.39, 0.29) is 28.7 Å². The van der Waals surface area contributed by atoms with Crippen molar-refractivity contribution < 1.29 is 0 Å². The summed E-state index contributed by atoms with van der Waals surface area (Å²) >= 11 is 1.83. The van der Waals surface area contributed by atoms with Crippen LogP contribution in [0.25, 0.3) is 0 Å². The number of hydrogen-bond acceptors (Lipinski definition) is 3. The molecule has 0 unspecified atom stereocenters. The molecule has 1 rings (SSSR count). The zero-order valence-electron chi connectivity index (χ0n) is 12.7. The Morgan fingerprint density at radius 3 is 2.70 bits per heavy atom. The zero-order chi connectivity index (χ0) is 14.1. The standard InChI is InChI=1S/C13H25N5S.HI/c1-5-14-12(16-11-13(2,3)19-4)15-8-10-18-9-6-7-17-18;/h6-7,9H,5,8,10-11H2,1-4H3,(H2,14,15,16);1H. The number of aromatic nitrogens is 2. The van der Waals surface area contributed by atoms with Crippen LogP contribution in [-0.4, -0.2) is 46.4 Å². The van der Waals surface area contributed by atoms with E-state index >= 15 is 0 Å². The van der Waals surface area contributed by atoms with Crippen LogP contribution in [0.4, 0.5) is 0 Å². The highest BCUT2D eigenvalue weighted by Crippen LogP contribution is 2.20. The van der Waals surface area contributed by atoms with Crippen LogP contribution < -0.4 is 10.6 Å². The third-order valence-electron chi connectivity index (χ3n) is 2.71. The van der Waals surface area contributed by atoms with Crippen LogP contribution in [0, 0.1) is 0 Å². The summed E-state index contributed by atoms with van der Waals surface area (Å²) in [7, 11) is 0. The Bertz CT molecular complexity index is 378. The summed E-state index contributed by atoms with van der Waals surface area (Å²) in [5.74, 6) is 0.872. The minimum Gasteiger partial charge on any atom is -0.357 e. The summed E-state index contributed by atoms with van der Waals surface area (Å²) in [6.45, 7) is 9.79. The molecule has 7 heteroatoms. The van der Waals surface area contributed by atoms with Crippen molar-refractivity contribution in [1.29, 1.82) is 0 Å². The molecule has 0 amide bonds. The molecular weight excluding hydrogens is 385 g/mol. The fourth-order valence-corrected chi connectivity index (χ4v) is 1.59. The molecule has 0 fully saturated rings. The monoisotopic (exact) mass is 411 g/mol. The molecule has 116 valence electrons. The third kappa shape index (κ3) is 7.98. The topological polar surface area (TPSA) is 54.2 Å². The van der Waals surface area contributed by atoms with Gasteiger partial charge in [-0.05, 0) is 33.1 Å². The minimum absolute atomic E-state index is 0. The van der Waals surface area contributed by atoms with Crippen LogP contribution in [0.5, 0.6) is 0 Å². The van der Waals surface area contributed by atoms with Crippen molar-refractivity contribution in [2.24, 2.45) is 4.99 Å². The van der Waals surface area contributed by atoms with Crippen molar-refractivity contribution in [3.63, 3.8) is 0 Å². The van der Waals surface area contributed by atoms with E-state index in [2.05, 4.69) is 47.8 Å². The van der Waals surface area contributed by atoms with Crippen molar-refractivity contribution in [3.05, 3.63) is 18.5 Å². The minimum atomic E-state index is 0. The number of nitrogens with one attached hydrogen (secondary N) is 2. The van der Waals surface area contributed by atoms with E-state index in [4.69, 9.17) is 0 Å². The number of thioether (sulfide) groups is 1. The number of halogens is 1. The molecule has 1 heterocycles. The van der Waals surface area contributed by atoms with Gasteiger partial charge in [0.25, 0.3) is 0 Å². The molecule has 2 N–H and O–H groups in total. The number of rotatable bonds is 7. The highest BCUT2D eigenvalue weighted by molar-refractivity contribution is 14.0. The van der Waals surface area contributed by atoms with E-state index in [1.165, 1.54) is 0 Å². The van der Waals surface area contributed by atoms with Gasteiger partial charge in [0.2, 0.25) is 0 Å². The maximum Gasteiger partial charge on any atom is 0.191 e. The quantitative estimate of drug-likeness (QED) is 0.411. The van der Waals surface area contributed by atoms with Gasteiger partial charge in [-0.3, -0.25) is 9.67 Å². The second-order valence-electron chi connectivity index (χ2n) is 4.85. The second kappa shape index (κ2) is 10.3. The van der Waals surface area contributed by atoms with Crippen LogP contribution in [0.3, 0.4) is 0 Å². The highest BCUT2D eigenvalue weighted by atomic mass is 127. The Kier molecular flexibility index (Phi) is 10.1. The number of nitrogens with zero attached hydrogens (tertiary/aromatic N) is 3. The SMILES string of the molecule is CCNC(=NCC(C)(C)SC)NCCn1cccn1.I. The molecule has 0 bridgehead atoms. The average molecular weight is 411 g/mol. The van der Waals surface area contributed by atoms with Crippen LogP contribution in [0.15, 0.2) is 23.5 Å². The van der Waals surface area contributed by atoms with Crippen LogP contribution >= 0.6 is 35.7 Å². The Morgan fingerprint density at radius 2 is 2.15 bits per heavy atom. The Balaban J connectivity index is 0.00000361. The first-order chi connectivity index (χ1) is 9.07. The van der Waals surface area contributed by atoms with Gasteiger partial charge < -0.3 is 10.6 Å². The number of guanidine groups is 1. The van der Waals surface area contributed by atoms with Gasteiger partial charge in [0.1, 0.15) is 0 Å². The van der Waals surface area contributed by atoms with Crippen LogP contribution in [0.1, 0.15) is 20.8 Å². The van der Waals surface area contributed by atoms with Crippen molar-refractivity contribution in [1.82, 2.24) is 20.4 Å². The van der Waals surface area contributed by atoms with Crippen LogP contribution in [0.2, 0.25) is 0 Å². The Morgan fingerprint density at radius 1 is 1.40 bits per heavy atom. The predicted molar refractivity (Wildman–Crippen MR) is 99.2 cm³/mol. The van der Waals surface area contributed by atoms with Gasteiger partial charge in [0, 0.05) is 30.2 Å². The molecule has 0 spiro atoms. The molecule has 0 aliphatic rings. The zero-order valence-corrected chi connectivity index (χ0v) is 15.9. The molecule has 0 aliphatic carbocycles. The van der Waals surface area contributed by atoms with E-state index in [1.54, 1.807) is 6.20 Å². The van der Waals surface area contributed by atoms with Crippen molar-refractivity contribution in [2.45, 2.75) is 32.1 Å². The predicted octanol–water partition coefficient (Wildman–Crippen LogP) is 2.20. The summed E-state index contributed by atoms with van der Waals surface area (Å²) in [4.78, 5) is 4.62. The maximum absolute atomic E-state index is 4.62. The van der Waals surface area contributed by atoms with Gasteiger partial charge >= 0.3 is 0 Å². The maximum atomic E-state index is 4.62. The smallest absolute Gasteiger partial charge is 0.191 e. The van der Waals surface area contributed by atoms with E-state index < -0.39 is 0 Å². The molecule has 0 atom stereocenters. The lowest BCUT2D eigenvalue weighted by Gasteiger charge is -2.20. The highest BCUT2D eigenvalue weighted by Gasteiger charge is 2.15. The summed E-state index contributed by atoms with van der Waals surface area (Å²) in [5.41, 5.74) is 0. The molecule has 0 aromatic carbocycles. The van der Waals surface area contributed by atoms with Gasteiger partial charge in [-0.25, -0.2) is 0 Å². The molecule has 0 aliphatic heterocycles. The fourth-order valence-electron chi connectivity index (χ4n) is 1.40. The first-order valence-corrected chi connectivity index (χ1v) is 7.84. The molecule has 0 radical (unpaired) electrons. The van der Waals surface area contributed by atoms with Crippen molar-refractivity contribution in [2.75, 3.05) is 25.9 Å². The van der Waals surface area contributed by atoms with Crippen molar-refractivity contribution in [3.8, 4) is 0 Å². The van der Waals surface area contributed by atoms with Gasteiger partial charge in [-0.2, -0.15) is 16.9 Å². The van der Waals surface area contributed by atoms with E-state index in [9.17, 15) is 0 Å². The molecule has 0 saturated carbocycles. The molecule has 5 nitrogen and oxygen atoms in total. The van der Waals surface area contributed by atoms with Gasteiger partial charge in [-0.15, -0.1) is 24.0 Å². The van der Waals surface area contributed by atoms with E-state index in [1.807, 2.05) is 28.7 Å². The molecular formula is C13H26IN5S. The van der Waals surface area contributed by atoms with Crippen LogP contribution in [-0.2, 0) is 6.54 Å². The van der Waals surface area contributed by atoms with Gasteiger partial charge in [0.15, 0.2) is 5.96 Å². The summed E-state index contributed by atoms with van der Waals surface area (Å²) < 4.78 is 2.08.